The van der Waals surface area contributed by atoms with Gasteiger partial charge in [-0.25, -0.2) is 10.1 Å². The van der Waals surface area contributed by atoms with E-state index in [0.29, 0.717) is 17.0 Å². The van der Waals surface area contributed by atoms with Crippen molar-refractivity contribution in [1.82, 2.24) is 15.2 Å². The van der Waals surface area contributed by atoms with Gasteiger partial charge in [-0.3, -0.25) is 14.7 Å². The number of carbonyl (C=O) groups excluding carboxylic acids is 1. The van der Waals surface area contributed by atoms with Crippen LogP contribution in [0.25, 0.3) is 5.69 Å². The molecule has 0 saturated heterocycles. The first-order valence-corrected chi connectivity index (χ1v) is 8.84. The first-order chi connectivity index (χ1) is 13.5. The Bertz CT molecular complexity index is 1060. The molecule has 0 saturated carbocycles. The summed E-state index contributed by atoms with van der Waals surface area (Å²) in [7, 11) is 0. The molecule has 3 aromatic rings. The fourth-order valence-electron chi connectivity index (χ4n) is 2.62. The molecule has 28 heavy (non-hydrogen) atoms. The molecular weight excluding hydrogens is 356 g/mol. The second kappa shape index (κ2) is 8.39. The normalized spacial score (nSPS) is 11.0. The van der Waals surface area contributed by atoms with Crippen LogP contribution in [-0.4, -0.2) is 28.5 Å². The maximum absolute atomic E-state index is 12.5. The van der Waals surface area contributed by atoms with Crippen molar-refractivity contribution in [2.24, 2.45) is 5.10 Å². The van der Waals surface area contributed by atoms with Crippen molar-refractivity contribution in [2.45, 2.75) is 20.8 Å². The average molecular weight is 378 g/mol. The molecule has 7 heteroatoms. The van der Waals surface area contributed by atoms with E-state index in [1.165, 1.54) is 10.9 Å². The van der Waals surface area contributed by atoms with E-state index >= 15 is 0 Å². The number of hydrazone groups is 1. The van der Waals surface area contributed by atoms with Gasteiger partial charge in [-0.15, -0.1) is 0 Å². The van der Waals surface area contributed by atoms with E-state index in [9.17, 15) is 9.59 Å². The van der Waals surface area contributed by atoms with Crippen LogP contribution < -0.4 is 15.7 Å². The summed E-state index contributed by atoms with van der Waals surface area (Å²) in [6.07, 6.45) is 1.33. The van der Waals surface area contributed by atoms with Gasteiger partial charge in [0.25, 0.3) is 11.5 Å². The third kappa shape index (κ3) is 4.37. The molecule has 0 spiro atoms. The molecule has 0 bridgehead atoms. The molecule has 1 amide bonds. The largest absolute Gasteiger partial charge is 0.484 e. The number of aryl methyl sites for hydroxylation is 3. The molecular formula is C21H22N4O3. The summed E-state index contributed by atoms with van der Waals surface area (Å²) in [4.78, 5) is 24.5. The number of nitrogens with one attached hydrogen (secondary N) is 2. The highest BCUT2D eigenvalue weighted by molar-refractivity contribution is 5.83. The number of H-pyrrole nitrogens is 1. The first kappa shape index (κ1) is 19.2. The number of ether oxygens (including phenoxy) is 1. The number of rotatable bonds is 6. The SMILES string of the molecule is Cc1ccc(OCC(=O)NN=Cc2c(C)[nH]n(-c3ccccc3)c2=O)cc1C. The number of carbonyl (C=O) groups is 1. The smallest absolute Gasteiger partial charge is 0.280 e. The monoisotopic (exact) mass is 378 g/mol. The van der Waals surface area contributed by atoms with Gasteiger partial charge in [0.1, 0.15) is 5.75 Å². The van der Waals surface area contributed by atoms with E-state index in [2.05, 4.69) is 15.6 Å². The van der Waals surface area contributed by atoms with Gasteiger partial charge in [0.15, 0.2) is 6.61 Å². The Morgan fingerprint density at radius 1 is 1.14 bits per heavy atom. The van der Waals surface area contributed by atoms with Crippen molar-refractivity contribution in [2.75, 3.05) is 6.61 Å². The molecule has 3 rings (SSSR count). The molecule has 1 heterocycles. The number of amides is 1. The van der Waals surface area contributed by atoms with Crippen LogP contribution in [-0.2, 0) is 4.79 Å². The highest BCUT2D eigenvalue weighted by Gasteiger charge is 2.10. The van der Waals surface area contributed by atoms with Gasteiger partial charge < -0.3 is 4.74 Å². The fourth-order valence-corrected chi connectivity index (χ4v) is 2.62. The van der Waals surface area contributed by atoms with Crippen LogP contribution in [0.15, 0.2) is 58.4 Å². The Kier molecular flexibility index (Phi) is 5.74. The zero-order chi connectivity index (χ0) is 20.1. The molecule has 0 aliphatic carbocycles. The topological polar surface area (TPSA) is 88.5 Å². The van der Waals surface area contributed by atoms with Crippen molar-refractivity contribution in [1.29, 1.82) is 0 Å². The molecule has 144 valence electrons. The predicted molar refractivity (Wildman–Crippen MR) is 108 cm³/mol. The number of para-hydroxylation sites is 1. The maximum Gasteiger partial charge on any atom is 0.280 e. The number of aromatic nitrogens is 2. The Morgan fingerprint density at radius 2 is 1.89 bits per heavy atom. The van der Waals surface area contributed by atoms with Crippen LogP contribution in [0.4, 0.5) is 0 Å². The molecule has 0 atom stereocenters. The Balaban J connectivity index is 1.61. The van der Waals surface area contributed by atoms with Crippen molar-refractivity contribution in [3.8, 4) is 11.4 Å². The van der Waals surface area contributed by atoms with Gasteiger partial charge in [0.2, 0.25) is 0 Å². The fraction of sp³-hybridized carbons (Fsp3) is 0.190. The molecule has 0 aliphatic rings. The van der Waals surface area contributed by atoms with Crippen LogP contribution in [0, 0.1) is 20.8 Å². The van der Waals surface area contributed by atoms with Gasteiger partial charge in [-0.2, -0.15) is 5.10 Å². The molecule has 0 unspecified atom stereocenters. The lowest BCUT2D eigenvalue weighted by molar-refractivity contribution is -0.123. The highest BCUT2D eigenvalue weighted by atomic mass is 16.5. The summed E-state index contributed by atoms with van der Waals surface area (Å²) in [5.74, 6) is 0.209. The molecule has 1 aromatic heterocycles. The van der Waals surface area contributed by atoms with E-state index in [1.807, 2.05) is 62.4 Å². The number of hydrogen-bond acceptors (Lipinski definition) is 4. The average Bonchev–Trinajstić information content (AvgIpc) is 2.98. The zero-order valence-corrected chi connectivity index (χ0v) is 16.0. The minimum Gasteiger partial charge on any atom is -0.484 e. The van der Waals surface area contributed by atoms with Gasteiger partial charge in [-0.1, -0.05) is 24.3 Å². The minimum atomic E-state index is -0.411. The van der Waals surface area contributed by atoms with Gasteiger partial charge >= 0.3 is 0 Å². The number of hydrogen-bond donors (Lipinski definition) is 2. The minimum absolute atomic E-state index is 0.166. The summed E-state index contributed by atoms with van der Waals surface area (Å²) in [6, 6.07) is 14.8. The van der Waals surface area contributed by atoms with Crippen LogP contribution in [0.1, 0.15) is 22.4 Å². The molecule has 7 nitrogen and oxygen atoms in total. The summed E-state index contributed by atoms with van der Waals surface area (Å²) >= 11 is 0. The Labute approximate surface area is 162 Å². The molecule has 2 aromatic carbocycles. The van der Waals surface area contributed by atoms with Crippen molar-refractivity contribution in [3.05, 3.63) is 81.3 Å². The molecule has 0 radical (unpaired) electrons. The quantitative estimate of drug-likeness (QED) is 0.510. The van der Waals surface area contributed by atoms with Crippen LogP contribution in [0.2, 0.25) is 0 Å². The number of nitrogens with zero attached hydrogens (tertiary/aromatic N) is 2. The lowest BCUT2D eigenvalue weighted by atomic mass is 10.1. The van der Waals surface area contributed by atoms with Crippen LogP contribution >= 0.6 is 0 Å². The van der Waals surface area contributed by atoms with Crippen molar-refractivity contribution in [3.63, 3.8) is 0 Å². The highest BCUT2D eigenvalue weighted by Crippen LogP contribution is 2.16. The zero-order valence-electron chi connectivity index (χ0n) is 16.0. The van der Waals surface area contributed by atoms with E-state index in [0.717, 1.165) is 16.8 Å². The lowest BCUT2D eigenvalue weighted by Gasteiger charge is -2.07. The third-order valence-electron chi connectivity index (χ3n) is 4.36. The summed E-state index contributed by atoms with van der Waals surface area (Å²) < 4.78 is 6.89. The summed E-state index contributed by atoms with van der Waals surface area (Å²) in [5.41, 5.74) is 6.13. The third-order valence-corrected chi connectivity index (χ3v) is 4.36. The van der Waals surface area contributed by atoms with Crippen molar-refractivity contribution < 1.29 is 9.53 Å². The molecule has 2 N–H and O–H groups in total. The summed E-state index contributed by atoms with van der Waals surface area (Å²) in [6.45, 7) is 5.59. The second-order valence-corrected chi connectivity index (χ2v) is 6.45. The number of benzene rings is 2. The van der Waals surface area contributed by atoms with Gasteiger partial charge in [-0.05, 0) is 56.2 Å². The Morgan fingerprint density at radius 3 is 2.61 bits per heavy atom. The van der Waals surface area contributed by atoms with E-state index in [1.54, 1.807) is 6.92 Å². The Hall–Kier alpha value is -3.61. The standard InChI is InChI=1S/C21H22N4O3/c1-14-9-10-18(11-15(14)2)28-13-20(26)23-22-12-19-16(3)24-25(21(19)27)17-7-5-4-6-8-17/h4-12,24H,13H2,1-3H3,(H,23,26). The molecule has 0 aliphatic heterocycles. The van der Waals surface area contributed by atoms with Gasteiger partial charge in [0, 0.05) is 5.69 Å². The maximum atomic E-state index is 12.5. The van der Waals surface area contributed by atoms with Crippen LogP contribution in [0.3, 0.4) is 0 Å². The van der Waals surface area contributed by atoms with Crippen LogP contribution in [0.5, 0.6) is 5.75 Å². The summed E-state index contributed by atoms with van der Waals surface area (Å²) in [5, 5.41) is 6.88. The van der Waals surface area contributed by atoms with Crippen molar-refractivity contribution >= 4 is 12.1 Å². The molecule has 0 fully saturated rings. The number of aromatic amines is 1. The first-order valence-electron chi connectivity index (χ1n) is 8.84. The van der Waals surface area contributed by atoms with Gasteiger partial charge in [0.05, 0.1) is 17.5 Å². The van der Waals surface area contributed by atoms with E-state index in [-0.39, 0.29) is 12.2 Å². The predicted octanol–water partition coefficient (Wildman–Crippen LogP) is 2.62. The van der Waals surface area contributed by atoms with E-state index in [4.69, 9.17) is 4.74 Å². The van der Waals surface area contributed by atoms with E-state index < -0.39 is 5.91 Å². The second-order valence-electron chi connectivity index (χ2n) is 6.45. The lowest BCUT2D eigenvalue weighted by Crippen LogP contribution is -2.25.